The van der Waals surface area contributed by atoms with Crippen molar-refractivity contribution in [2.45, 2.75) is 25.8 Å². The highest BCUT2D eigenvalue weighted by molar-refractivity contribution is 7.15. The summed E-state index contributed by atoms with van der Waals surface area (Å²) < 4.78 is 0. The third-order valence-electron chi connectivity index (χ3n) is 4.03. The van der Waals surface area contributed by atoms with E-state index in [1.54, 1.807) is 24.3 Å². The molecular weight excluding hydrogens is 396 g/mol. The molecule has 0 saturated heterocycles. The lowest BCUT2D eigenvalue weighted by Gasteiger charge is -2.19. The van der Waals surface area contributed by atoms with Gasteiger partial charge in [0, 0.05) is 0 Å². The number of aromatic nitrogens is 2. The van der Waals surface area contributed by atoms with Crippen molar-refractivity contribution in [1.82, 2.24) is 15.5 Å². The van der Waals surface area contributed by atoms with Crippen LogP contribution < -0.4 is 10.6 Å². The molecular formula is C20H19ClN4O2S. The largest absolute Gasteiger partial charge is 0.345 e. The Morgan fingerprint density at radius 3 is 2.46 bits per heavy atom. The van der Waals surface area contributed by atoms with Gasteiger partial charge in [-0.2, -0.15) is 0 Å². The number of carbonyl (C=O) groups is 2. The van der Waals surface area contributed by atoms with Crippen LogP contribution in [0.5, 0.6) is 0 Å². The van der Waals surface area contributed by atoms with Crippen LogP contribution in [0.15, 0.2) is 54.6 Å². The molecule has 1 atom stereocenters. The number of hydrogen-bond donors (Lipinski definition) is 2. The van der Waals surface area contributed by atoms with Gasteiger partial charge in [0.05, 0.1) is 23.0 Å². The Hall–Kier alpha value is -2.77. The molecule has 0 bridgehead atoms. The van der Waals surface area contributed by atoms with Crippen LogP contribution in [0.3, 0.4) is 0 Å². The molecule has 0 unspecified atom stereocenters. The number of benzene rings is 2. The first-order valence-electron chi connectivity index (χ1n) is 8.79. The number of rotatable bonds is 7. The van der Waals surface area contributed by atoms with Crippen LogP contribution in [-0.4, -0.2) is 22.0 Å². The van der Waals surface area contributed by atoms with Gasteiger partial charge in [-0.3, -0.25) is 9.59 Å². The van der Waals surface area contributed by atoms with E-state index in [-0.39, 0.29) is 18.2 Å². The van der Waals surface area contributed by atoms with Crippen LogP contribution in [-0.2, 0) is 11.2 Å². The fraction of sp³-hybridized carbons (Fsp3) is 0.200. The predicted molar refractivity (Wildman–Crippen MR) is 111 cm³/mol. The molecule has 28 heavy (non-hydrogen) atoms. The first-order valence-corrected chi connectivity index (χ1v) is 9.98. The second-order valence-corrected chi connectivity index (χ2v) is 7.49. The van der Waals surface area contributed by atoms with Gasteiger partial charge in [0.15, 0.2) is 0 Å². The third kappa shape index (κ3) is 5.15. The van der Waals surface area contributed by atoms with E-state index >= 15 is 0 Å². The normalized spacial score (nSPS) is 11.6. The number of halogens is 1. The summed E-state index contributed by atoms with van der Waals surface area (Å²) in [5, 5.41) is 15.3. The number of aryl methyl sites for hydroxylation is 1. The molecule has 2 amide bonds. The number of amides is 2. The molecule has 1 heterocycles. The second-order valence-electron chi connectivity index (χ2n) is 6.02. The van der Waals surface area contributed by atoms with Gasteiger partial charge in [-0.05, 0) is 24.1 Å². The average molecular weight is 415 g/mol. The van der Waals surface area contributed by atoms with Crippen molar-refractivity contribution in [3.8, 4) is 0 Å². The number of hydrogen-bond acceptors (Lipinski definition) is 5. The molecule has 6 nitrogen and oxygen atoms in total. The number of nitrogens with one attached hydrogen (secondary N) is 2. The van der Waals surface area contributed by atoms with E-state index in [1.807, 2.05) is 37.3 Å². The number of anilines is 1. The lowest BCUT2D eigenvalue weighted by Crippen LogP contribution is -2.31. The Kier molecular flexibility index (Phi) is 6.73. The molecule has 2 N–H and O–H groups in total. The third-order valence-corrected chi connectivity index (χ3v) is 5.34. The summed E-state index contributed by atoms with van der Waals surface area (Å²) in [6.45, 7) is 1.97. The molecule has 2 aromatic carbocycles. The number of carbonyl (C=O) groups excluding carboxylic acids is 2. The highest BCUT2D eigenvalue weighted by Gasteiger charge is 2.21. The summed E-state index contributed by atoms with van der Waals surface area (Å²) in [7, 11) is 0. The minimum absolute atomic E-state index is 0.0568. The van der Waals surface area contributed by atoms with Gasteiger partial charge in [-0.15, -0.1) is 10.2 Å². The van der Waals surface area contributed by atoms with Crippen molar-refractivity contribution in [3.63, 3.8) is 0 Å². The van der Waals surface area contributed by atoms with Crippen LogP contribution >= 0.6 is 22.9 Å². The average Bonchev–Trinajstić information content (AvgIpc) is 3.16. The van der Waals surface area contributed by atoms with Crippen molar-refractivity contribution in [3.05, 3.63) is 75.8 Å². The minimum atomic E-state index is -0.511. The van der Waals surface area contributed by atoms with E-state index in [4.69, 9.17) is 11.6 Å². The van der Waals surface area contributed by atoms with Gasteiger partial charge in [0.25, 0.3) is 5.91 Å². The highest BCUT2D eigenvalue weighted by Crippen LogP contribution is 2.22. The Balaban J connectivity index is 1.75. The van der Waals surface area contributed by atoms with Crippen LogP contribution in [0, 0.1) is 0 Å². The smallest absolute Gasteiger partial charge is 0.253 e. The fourth-order valence-corrected chi connectivity index (χ4v) is 3.54. The molecule has 3 aromatic rings. The van der Waals surface area contributed by atoms with Crippen LogP contribution in [0.2, 0.25) is 5.02 Å². The van der Waals surface area contributed by atoms with Crippen molar-refractivity contribution >= 4 is 39.9 Å². The van der Waals surface area contributed by atoms with Gasteiger partial charge in [0.1, 0.15) is 5.01 Å². The lowest BCUT2D eigenvalue weighted by molar-refractivity contribution is -0.116. The second kappa shape index (κ2) is 9.43. The summed E-state index contributed by atoms with van der Waals surface area (Å²) in [5.74, 6) is -0.594. The Labute approximate surface area is 172 Å². The topological polar surface area (TPSA) is 84.0 Å². The highest BCUT2D eigenvalue weighted by atomic mass is 35.5. The van der Waals surface area contributed by atoms with Gasteiger partial charge >= 0.3 is 0 Å². The molecule has 0 saturated carbocycles. The fourth-order valence-electron chi connectivity index (χ4n) is 2.62. The Morgan fingerprint density at radius 1 is 1.07 bits per heavy atom. The lowest BCUT2D eigenvalue weighted by atomic mass is 10.0. The molecule has 0 aliphatic rings. The van der Waals surface area contributed by atoms with Gasteiger partial charge < -0.3 is 10.6 Å². The number of nitrogens with zero attached hydrogens (tertiary/aromatic N) is 2. The zero-order chi connectivity index (χ0) is 19.9. The molecule has 144 valence electrons. The van der Waals surface area contributed by atoms with Gasteiger partial charge in [-0.1, -0.05) is 72.3 Å². The zero-order valence-electron chi connectivity index (χ0n) is 15.2. The molecule has 0 aliphatic carbocycles. The molecule has 1 aromatic heterocycles. The standard InChI is InChI=1S/C20H19ClN4O2S/c1-2-18-24-25-20(28-18)23-17(26)12-16(13-8-4-3-5-9-13)22-19(27)14-10-6-7-11-15(14)21/h3-11,16H,2,12H2,1H3,(H,22,27)(H,23,25,26)/t16-/m1/s1. The van der Waals surface area contributed by atoms with E-state index in [0.29, 0.717) is 15.7 Å². The maximum atomic E-state index is 12.7. The summed E-state index contributed by atoms with van der Waals surface area (Å²) in [4.78, 5) is 25.2. The minimum Gasteiger partial charge on any atom is -0.345 e. The summed E-state index contributed by atoms with van der Waals surface area (Å²) in [6, 6.07) is 15.6. The van der Waals surface area contributed by atoms with E-state index in [9.17, 15) is 9.59 Å². The van der Waals surface area contributed by atoms with Crippen LogP contribution in [0.25, 0.3) is 0 Å². The van der Waals surface area contributed by atoms with E-state index in [0.717, 1.165) is 17.0 Å². The quantitative estimate of drug-likeness (QED) is 0.605. The van der Waals surface area contributed by atoms with Gasteiger partial charge in [-0.25, -0.2) is 0 Å². The summed E-state index contributed by atoms with van der Waals surface area (Å²) >= 11 is 7.46. The summed E-state index contributed by atoms with van der Waals surface area (Å²) in [5.41, 5.74) is 1.19. The monoisotopic (exact) mass is 414 g/mol. The predicted octanol–water partition coefficient (Wildman–Crippen LogP) is 4.25. The molecule has 3 rings (SSSR count). The molecule has 8 heteroatoms. The van der Waals surface area contributed by atoms with Crippen molar-refractivity contribution in [2.75, 3.05) is 5.32 Å². The summed E-state index contributed by atoms with van der Waals surface area (Å²) in [6.07, 6.45) is 0.815. The maximum absolute atomic E-state index is 12.7. The first kappa shape index (κ1) is 20.0. The van der Waals surface area contributed by atoms with Crippen molar-refractivity contribution in [2.24, 2.45) is 0 Å². The Bertz CT molecular complexity index is 962. The van der Waals surface area contributed by atoms with Gasteiger partial charge in [0.2, 0.25) is 11.0 Å². The molecule has 0 fully saturated rings. The van der Waals surface area contributed by atoms with Crippen LogP contribution in [0.4, 0.5) is 5.13 Å². The van der Waals surface area contributed by atoms with E-state index in [2.05, 4.69) is 20.8 Å². The molecule has 0 spiro atoms. The van der Waals surface area contributed by atoms with Crippen molar-refractivity contribution in [1.29, 1.82) is 0 Å². The Morgan fingerprint density at radius 2 is 1.79 bits per heavy atom. The molecule has 0 radical (unpaired) electrons. The SMILES string of the molecule is CCc1nnc(NC(=O)C[C@@H](NC(=O)c2ccccc2Cl)c2ccccc2)s1. The molecule has 0 aliphatic heterocycles. The van der Waals surface area contributed by atoms with E-state index < -0.39 is 6.04 Å². The van der Waals surface area contributed by atoms with Crippen molar-refractivity contribution < 1.29 is 9.59 Å². The zero-order valence-corrected chi connectivity index (χ0v) is 16.8. The van der Waals surface area contributed by atoms with E-state index in [1.165, 1.54) is 11.3 Å². The maximum Gasteiger partial charge on any atom is 0.253 e. The first-order chi connectivity index (χ1) is 13.6. The van der Waals surface area contributed by atoms with Crippen LogP contribution in [0.1, 0.15) is 40.3 Å².